The zero-order chi connectivity index (χ0) is 13.5. The highest BCUT2D eigenvalue weighted by Gasteiger charge is 2.25. The lowest BCUT2D eigenvalue weighted by Gasteiger charge is -2.27. The third kappa shape index (κ3) is 4.00. The van der Waals surface area contributed by atoms with Crippen LogP contribution >= 0.6 is 0 Å². The smallest absolute Gasteiger partial charge is 0.154 e. The van der Waals surface area contributed by atoms with E-state index in [4.69, 9.17) is 5.11 Å². The molecular formula is C14H26N4O. The molecule has 1 aliphatic rings. The fourth-order valence-electron chi connectivity index (χ4n) is 3.09. The Balaban J connectivity index is 1.85. The molecule has 0 unspecified atom stereocenters. The van der Waals surface area contributed by atoms with Crippen molar-refractivity contribution in [3.05, 3.63) is 5.82 Å². The molecule has 1 aromatic rings. The monoisotopic (exact) mass is 266 g/mol. The lowest BCUT2D eigenvalue weighted by Crippen LogP contribution is -2.18. The van der Waals surface area contributed by atoms with Crippen molar-refractivity contribution in [1.82, 2.24) is 20.2 Å². The minimum atomic E-state index is 0.197. The van der Waals surface area contributed by atoms with E-state index in [0.717, 1.165) is 24.7 Å². The molecule has 0 aromatic carbocycles. The molecule has 0 bridgehead atoms. The van der Waals surface area contributed by atoms with Gasteiger partial charge in [-0.3, -0.25) is 0 Å². The molecule has 19 heavy (non-hydrogen) atoms. The summed E-state index contributed by atoms with van der Waals surface area (Å²) in [5.74, 6) is 2.46. The van der Waals surface area contributed by atoms with Crippen molar-refractivity contribution in [2.75, 3.05) is 6.61 Å². The fourth-order valence-corrected chi connectivity index (χ4v) is 3.09. The predicted octanol–water partition coefficient (Wildman–Crippen LogP) is 2.52. The van der Waals surface area contributed by atoms with Gasteiger partial charge in [-0.15, -0.1) is 5.10 Å². The van der Waals surface area contributed by atoms with Gasteiger partial charge in [0.1, 0.15) is 0 Å². The summed E-state index contributed by atoms with van der Waals surface area (Å²) in [5.41, 5.74) is 0. The Bertz CT molecular complexity index is 358. The number of aromatic nitrogens is 4. The number of aliphatic hydroxyl groups excluding tert-OH is 1. The molecule has 1 fully saturated rings. The molecule has 108 valence electrons. The first kappa shape index (κ1) is 14.4. The van der Waals surface area contributed by atoms with Gasteiger partial charge in [0, 0.05) is 19.1 Å². The van der Waals surface area contributed by atoms with Gasteiger partial charge in [-0.1, -0.05) is 26.2 Å². The molecule has 5 heteroatoms. The first-order chi connectivity index (χ1) is 9.35. The van der Waals surface area contributed by atoms with Crippen molar-refractivity contribution in [2.24, 2.45) is 5.92 Å². The Morgan fingerprint density at radius 3 is 2.68 bits per heavy atom. The van der Waals surface area contributed by atoms with Gasteiger partial charge in [-0.05, 0) is 48.4 Å². The summed E-state index contributed by atoms with van der Waals surface area (Å²) in [6, 6.07) is 0. The molecule has 1 N–H and O–H groups in total. The van der Waals surface area contributed by atoms with E-state index in [2.05, 4.69) is 22.4 Å². The van der Waals surface area contributed by atoms with Gasteiger partial charge in [0.25, 0.3) is 0 Å². The number of tetrazole rings is 1. The Morgan fingerprint density at radius 1 is 1.21 bits per heavy atom. The van der Waals surface area contributed by atoms with Crippen LogP contribution in [0.3, 0.4) is 0 Å². The first-order valence-electron chi connectivity index (χ1n) is 7.72. The van der Waals surface area contributed by atoms with Crippen molar-refractivity contribution in [2.45, 2.75) is 70.8 Å². The van der Waals surface area contributed by atoms with E-state index in [9.17, 15) is 0 Å². The number of unbranched alkanes of at least 4 members (excludes halogenated alkanes) is 1. The Kier molecular flexibility index (Phi) is 5.76. The van der Waals surface area contributed by atoms with Crippen molar-refractivity contribution >= 4 is 0 Å². The summed E-state index contributed by atoms with van der Waals surface area (Å²) < 4.78 is 1.88. The maximum Gasteiger partial charge on any atom is 0.154 e. The van der Waals surface area contributed by atoms with E-state index in [1.807, 2.05) is 4.68 Å². The van der Waals surface area contributed by atoms with Crippen molar-refractivity contribution in [1.29, 1.82) is 0 Å². The molecule has 1 aromatic heterocycles. The molecule has 1 heterocycles. The van der Waals surface area contributed by atoms with Crippen molar-refractivity contribution < 1.29 is 5.11 Å². The van der Waals surface area contributed by atoms with Gasteiger partial charge < -0.3 is 5.11 Å². The normalized spacial score (nSPS) is 23.7. The molecule has 0 spiro atoms. The Morgan fingerprint density at radius 2 is 2.00 bits per heavy atom. The van der Waals surface area contributed by atoms with E-state index in [1.165, 1.54) is 44.9 Å². The fraction of sp³-hybridized carbons (Fsp3) is 0.929. The summed E-state index contributed by atoms with van der Waals surface area (Å²) in [4.78, 5) is 0. The highest BCUT2D eigenvalue weighted by atomic mass is 16.3. The molecule has 0 aliphatic heterocycles. The number of aryl methyl sites for hydroxylation is 1. The van der Waals surface area contributed by atoms with Crippen LogP contribution in [0.1, 0.15) is 70.0 Å². The highest BCUT2D eigenvalue weighted by molar-refractivity contribution is 4.96. The summed E-state index contributed by atoms with van der Waals surface area (Å²) >= 11 is 0. The third-order valence-electron chi connectivity index (χ3n) is 4.27. The largest absolute Gasteiger partial charge is 0.396 e. The van der Waals surface area contributed by atoms with Gasteiger partial charge >= 0.3 is 0 Å². The van der Waals surface area contributed by atoms with Crippen LogP contribution < -0.4 is 0 Å². The summed E-state index contributed by atoms with van der Waals surface area (Å²) in [6.45, 7) is 3.19. The van der Waals surface area contributed by atoms with Crippen LogP contribution in [0.2, 0.25) is 0 Å². The number of nitrogens with zero attached hydrogens (tertiary/aromatic N) is 4. The van der Waals surface area contributed by atoms with Crippen LogP contribution in [0.5, 0.6) is 0 Å². The minimum absolute atomic E-state index is 0.197. The van der Waals surface area contributed by atoms with Gasteiger partial charge in [-0.2, -0.15) is 0 Å². The topological polar surface area (TPSA) is 63.8 Å². The lowest BCUT2D eigenvalue weighted by atomic mass is 9.79. The zero-order valence-corrected chi connectivity index (χ0v) is 12.0. The van der Waals surface area contributed by atoms with Crippen LogP contribution in [-0.2, 0) is 6.54 Å². The molecule has 5 nitrogen and oxygen atoms in total. The van der Waals surface area contributed by atoms with E-state index in [-0.39, 0.29) is 6.61 Å². The molecule has 1 saturated carbocycles. The molecule has 0 radical (unpaired) electrons. The Hall–Kier alpha value is -0.970. The first-order valence-corrected chi connectivity index (χ1v) is 7.72. The summed E-state index contributed by atoms with van der Waals surface area (Å²) in [7, 11) is 0. The van der Waals surface area contributed by atoms with Gasteiger partial charge in [0.2, 0.25) is 0 Å². The lowest BCUT2D eigenvalue weighted by molar-refractivity contribution is 0.268. The van der Waals surface area contributed by atoms with E-state index < -0.39 is 0 Å². The molecule has 1 aliphatic carbocycles. The second-order valence-electron chi connectivity index (χ2n) is 5.70. The minimum Gasteiger partial charge on any atom is -0.396 e. The summed E-state index contributed by atoms with van der Waals surface area (Å²) in [6.07, 6.45) is 9.85. The number of hydrogen-bond acceptors (Lipinski definition) is 4. The highest BCUT2D eigenvalue weighted by Crippen LogP contribution is 2.36. The van der Waals surface area contributed by atoms with E-state index in [0.29, 0.717) is 5.92 Å². The van der Waals surface area contributed by atoms with Crippen LogP contribution in [0.15, 0.2) is 0 Å². The zero-order valence-electron chi connectivity index (χ0n) is 12.0. The molecule has 0 saturated heterocycles. The quantitative estimate of drug-likeness (QED) is 0.823. The number of aliphatic hydroxyl groups is 1. The van der Waals surface area contributed by atoms with Crippen molar-refractivity contribution in [3.8, 4) is 0 Å². The SMILES string of the molecule is CCCCC1CCC(c2nnnn2CCCO)CC1. The average Bonchev–Trinajstić information content (AvgIpc) is 2.92. The van der Waals surface area contributed by atoms with Gasteiger partial charge in [-0.25, -0.2) is 4.68 Å². The summed E-state index contributed by atoms with van der Waals surface area (Å²) in [5, 5.41) is 20.9. The second-order valence-corrected chi connectivity index (χ2v) is 5.70. The van der Waals surface area contributed by atoms with Gasteiger partial charge in [0.05, 0.1) is 0 Å². The van der Waals surface area contributed by atoms with Crippen LogP contribution in [0.4, 0.5) is 0 Å². The van der Waals surface area contributed by atoms with Crippen LogP contribution in [-0.4, -0.2) is 31.9 Å². The number of rotatable bonds is 7. The van der Waals surface area contributed by atoms with Crippen molar-refractivity contribution in [3.63, 3.8) is 0 Å². The van der Waals surface area contributed by atoms with Gasteiger partial charge in [0.15, 0.2) is 5.82 Å². The molecule has 2 rings (SSSR count). The van der Waals surface area contributed by atoms with E-state index >= 15 is 0 Å². The average molecular weight is 266 g/mol. The molecular weight excluding hydrogens is 240 g/mol. The van der Waals surface area contributed by atoms with Crippen LogP contribution in [0.25, 0.3) is 0 Å². The predicted molar refractivity (Wildman–Crippen MR) is 73.7 cm³/mol. The van der Waals surface area contributed by atoms with Crippen LogP contribution in [0, 0.1) is 5.92 Å². The number of hydrogen-bond donors (Lipinski definition) is 1. The maximum absolute atomic E-state index is 8.90. The Labute approximate surface area is 115 Å². The molecule has 0 atom stereocenters. The maximum atomic E-state index is 8.90. The second kappa shape index (κ2) is 7.58. The third-order valence-corrected chi connectivity index (χ3v) is 4.27. The van der Waals surface area contributed by atoms with E-state index in [1.54, 1.807) is 0 Å². The molecule has 0 amide bonds. The standard InChI is InChI=1S/C14H26N4O/c1-2-3-5-12-6-8-13(9-7-12)14-15-16-17-18(14)10-4-11-19/h12-13,19H,2-11H2,1H3.